The van der Waals surface area contributed by atoms with Crippen LogP contribution in [0, 0.1) is 6.92 Å². The second-order valence-corrected chi connectivity index (χ2v) is 8.67. The first kappa shape index (κ1) is 15.0. The van der Waals surface area contributed by atoms with Crippen molar-refractivity contribution in [3.8, 4) is 0 Å². The lowest BCUT2D eigenvalue weighted by atomic mass is 9.99. The lowest BCUT2D eigenvalue weighted by Gasteiger charge is -2.34. The van der Waals surface area contributed by atoms with E-state index in [2.05, 4.69) is 9.97 Å². The molecule has 1 aliphatic heterocycles. The van der Waals surface area contributed by atoms with Crippen molar-refractivity contribution in [2.24, 2.45) is 0 Å². The van der Waals surface area contributed by atoms with Gasteiger partial charge in [0.1, 0.15) is 5.82 Å². The number of piperidine rings is 1. The maximum Gasteiger partial charge on any atom is 0.217 e. The maximum atomic E-state index is 12.8. The molecule has 1 saturated heterocycles. The van der Waals surface area contributed by atoms with Gasteiger partial charge in [0.05, 0.1) is 5.25 Å². The minimum atomic E-state index is -3.13. The molecule has 1 aromatic heterocycles. The molecule has 21 heavy (non-hydrogen) atoms. The molecular formula is C15H25N3O2S. The first-order valence-corrected chi connectivity index (χ1v) is 9.58. The van der Waals surface area contributed by atoms with Crippen molar-refractivity contribution >= 4 is 10.0 Å². The molecule has 2 heterocycles. The third-order valence-corrected chi connectivity index (χ3v) is 7.19. The fourth-order valence-corrected chi connectivity index (χ4v) is 5.73. The highest BCUT2D eigenvalue weighted by Crippen LogP contribution is 2.31. The van der Waals surface area contributed by atoms with E-state index in [1.807, 2.05) is 13.1 Å². The fourth-order valence-electron chi connectivity index (χ4n) is 3.61. The van der Waals surface area contributed by atoms with Gasteiger partial charge in [0.15, 0.2) is 0 Å². The minimum Gasteiger partial charge on any atom is -0.346 e. The molecule has 1 N–H and O–H groups in total. The van der Waals surface area contributed by atoms with Gasteiger partial charge >= 0.3 is 0 Å². The molecule has 5 nitrogen and oxygen atoms in total. The predicted molar refractivity (Wildman–Crippen MR) is 82.7 cm³/mol. The summed E-state index contributed by atoms with van der Waals surface area (Å²) in [5.41, 5.74) is 1.04. The Morgan fingerprint density at radius 3 is 2.62 bits per heavy atom. The Bertz CT molecular complexity index is 575. The Morgan fingerprint density at radius 2 is 1.95 bits per heavy atom. The van der Waals surface area contributed by atoms with Gasteiger partial charge in [-0.1, -0.05) is 19.3 Å². The van der Waals surface area contributed by atoms with Gasteiger partial charge in [-0.3, -0.25) is 0 Å². The molecule has 2 fully saturated rings. The Morgan fingerprint density at radius 1 is 1.19 bits per heavy atom. The average molecular weight is 311 g/mol. The maximum absolute atomic E-state index is 12.8. The van der Waals surface area contributed by atoms with Crippen molar-refractivity contribution < 1.29 is 8.42 Å². The fraction of sp³-hybridized carbons (Fsp3) is 0.800. The molecule has 6 heteroatoms. The molecule has 1 aliphatic carbocycles. The number of aromatic amines is 1. The van der Waals surface area contributed by atoms with Crippen LogP contribution in [0.4, 0.5) is 0 Å². The summed E-state index contributed by atoms with van der Waals surface area (Å²) in [5, 5.41) is -0.150. The summed E-state index contributed by atoms with van der Waals surface area (Å²) in [6.07, 6.45) is 8.73. The van der Waals surface area contributed by atoms with Gasteiger partial charge in [-0.15, -0.1) is 0 Å². The quantitative estimate of drug-likeness (QED) is 0.933. The van der Waals surface area contributed by atoms with E-state index in [1.54, 1.807) is 4.31 Å². The van der Waals surface area contributed by atoms with E-state index in [-0.39, 0.29) is 11.2 Å². The van der Waals surface area contributed by atoms with Crippen molar-refractivity contribution in [2.75, 3.05) is 13.1 Å². The van der Waals surface area contributed by atoms with E-state index >= 15 is 0 Å². The number of aromatic nitrogens is 2. The second kappa shape index (κ2) is 6.08. The molecule has 1 saturated carbocycles. The summed E-state index contributed by atoms with van der Waals surface area (Å²) in [6.45, 7) is 3.25. The van der Waals surface area contributed by atoms with E-state index < -0.39 is 10.0 Å². The number of H-pyrrole nitrogens is 1. The number of nitrogens with one attached hydrogen (secondary N) is 1. The van der Waals surface area contributed by atoms with Gasteiger partial charge in [0.2, 0.25) is 10.0 Å². The summed E-state index contributed by atoms with van der Waals surface area (Å²) in [7, 11) is -3.13. The predicted octanol–water partition coefficient (Wildman–Crippen LogP) is 2.56. The van der Waals surface area contributed by atoms with Crippen molar-refractivity contribution in [3.05, 3.63) is 17.7 Å². The standard InChI is InChI=1S/C15H25N3O2S/c1-12-10-16-15(17-12)13-6-5-9-18(11-13)21(19,20)14-7-3-2-4-8-14/h10,13-14H,2-9,11H2,1H3,(H,16,17)/t13-/m0/s1. The van der Waals surface area contributed by atoms with Crippen LogP contribution in [0.15, 0.2) is 6.20 Å². The van der Waals surface area contributed by atoms with Gasteiger partial charge in [0.25, 0.3) is 0 Å². The average Bonchev–Trinajstić information content (AvgIpc) is 2.95. The molecule has 3 rings (SSSR count). The van der Waals surface area contributed by atoms with Gasteiger partial charge in [-0.2, -0.15) is 0 Å². The molecule has 1 aromatic rings. The molecule has 0 unspecified atom stereocenters. The van der Waals surface area contributed by atoms with Crippen molar-refractivity contribution in [3.63, 3.8) is 0 Å². The van der Waals surface area contributed by atoms with E-state index in [4.69, 9.17) is 0 Å². The van der Waals surface area contributed by atoms with Crippen LogP contribution >= 0.6 is 0 Å². The van der Waals surface area contributed by atoms with Crippen LogP contribution in [0.25, 0.3) is 0 Å². The minimum absolute atomic E-state index is 0.150. The SMILES string of the molecule is Cc1cnc([C@H]2CCCN(S(=O)(=O)C3CCCCC3)C2)[nH]1. The lowest BCUT2D eigenvalue weighted by Crippen LogP contribution is -2.44. The van der Waals surface area contributed by atoms with Crippen LogP contribution in [0.5, 0.6) is 0 Å². The number of aryl methyl sites for hydroxylation is 1. The molecule has 0 aromatic carbocycles. The van der Waals surface area contributed by atoms with Crippen LogP contribution in [0.3, 0.4) is 0 Å². The Labute approximate surface area is 127 Å². The number of rotatable bonds is 3. The number of sulfonamides is 1. The third-order valence-electron chi connectivity index (χ3n) is 4.83. The molecule has 0 radical (unpaired) electrons. The lowest BCUT2D eigenvalue weighted by molar-refractivity contribution is 0.302. The van der Waals surface area contributed by atoms with Crippen molar-refractivity contribution in [1.82, 2.24) is 14.3 Å². The molecule has 0 bridgehead atoms. The molecule has 118 valence electrons. The van der Waals surface area contributed by atoms with Crippen LogP contribution in [-0.2, 0) is 10.0 Å². The van der Waals surface area contributed by atoms with E-state index in [9.17, 15) is 8.42 Å². The Kier molecular flexibility index (Phi) is 4.36. The summed E-state index contributed by atoms with van der Waals surface area (Å²) in [6, 6.07) is 0. The summed E-state index contributed by atoms with van der Waals surface area (Å²) >= 11 is 0. The summed E-state index contributed by atoms with van der Waals surface area (Å²) in [4.78, 5) is 7.66. The van der Waals surface area contributed by atoms with Gasteiger partial charge in [-0.05, 0) is 32.6 Å². The number of hydrogen-bond donors (Lipinski definition) is 1. The van der Waals surface area contributed by atoms with Gasteiger partial charge < -0.3 is 4.98 Å². The molecule has 2 aliphatic rings. The first-order valence-electron chi connectivity index (χ1n) is 8.08. The summed E-state index contributed by atoms with van der Waals surface area (Å²) in [5.74, 6) is 1.15. The smallest absolute Gasteiger partial charge is 0.217 e. The van der Waals surface area contributed by atoms with Crippen LogP contribution < -0.4 is 0 Å². The zero-order valence-electron chi connectivity index (χ0n) is 12.7. The molecular weight excluding hydrogens is 286 g/mol. The zero-order valence-corrected chi connectivity index (χ0v) is 13.5. The number of imidazole rings is 1. The monoisotopic (exact) mass is 311 g/mol. The first-order chi connectivity index (χ1) is 10.1. The molecule has 0 amide bonds. The molecule has 0 spiro atoms. The van der Waals surface area contributed by atoms with E-state index in [0.29, 0.717) is 13.1 Å². The highest BCUT2D eigenvalue weighted by molar-refractivity contribution is 7.89. The summed E-state index contributed by atoms with van der Waals surface area (Å²) < 4.78 is 27.4. The largest absolute Gasteiger partial charge is 0.346 e. The Balaban J connectivity index is 1.73. The van der Waals surface area contributed by atoms with Gasteiger partial charge in [0, 0.05) is 30.9 Å². The number of nitrogens with zero attached hydrogens (tertiary/aromatic N) is 2. The highest BCUT2D eigenvalue weighted by atomic mass is 32.2. The number of hydrogen-bond acceptors (Lipinski definition) is 3. The van der Waals surface area contributed by atoms with E-state index in [0.717, 1.165) is 50.0 Å². The van der Waals surface area contributed by atoms with Crippen molar-refractivity contribution in [1.29, 1.82) is 0 Å². The molecule has 1 atom stereocenters. The van der Waals surface area contributed by atoms with Crippen LogP contribution in [0.1, 0.15) is 62.4 Å². The van der Waals surface area contributed by atoms with Crippen LogP contribution in [0.2, 0.25) is 0 Å². The third kappa shape index (κ3) is 3.16. The highest BCUT2D eigenvalue weighted by Gasteiger charge is 2.36. The Hall–Kier alpha value is -0.880. The van der Waals surface area contributed by atoms with Crippen molar-refractivity contribution in [2.45, 2.75) is 63.0 Å². The second-order valence-electron chi connectivity index (χ2n) is 6.45. The zero-order chi connectivity index (χ0) is 14.9. The van der Waals surface area contributed by atoms with Crippen LogP contribution in [-0.4, -0.2) is 41.0 Å². The normalized spacial score (nSPS) is 26.0. The van der Waals surface area contributed by atoms with Gasteiger partial charge in [-0.25, -0.2) is 17.7 Å². The van der Waals surface area contributed by atoms with E-state index in [1.165, 1.54) is 6.42 Å². The topological polar surface area (TPSA) is 66.1 Å².